The first kappa shape index (κ1) is 15.4. The van der Waals surface area contributed by atoms with E-state index >= 15 is 0 Å². The minimum atomic E-state index is -0.597. The van der Waals surface area contributed by atoms with Crippen LogP contribution in [0.1, 0.15) is 11.3 Å². The van der Waals surface area contributed by atoms with Gasteiger partial charge in [-0.05, 0) is 28.7 Å². The second-order valence-electron chi connectivity index (χ2n) is 3.66. The SMILES string of the molecule is N#Cc1cc(I)c(OCc2nnsc2NN)c([N+](=O)[O-])c1. The number of anilines is 1. The fourth-order valence-corrected chi connectivity index (χ4v) is 2.72. The van der Waals surface area contributed by atoms with Gasteiger partial charge in [-0.1, -0.05) is 4.49 Å². The molecular formula is C10H7IN6O3S. The molecule has 0 saturated heterocycles. The predicted molar refractivity (Wildman–Crippen MR) is 82.6 cm³/mol. The van der Waals surface area contributed by atoms with Crippen LogP contribution in [-0.4, -0.2) is 14.5 Å². The number of nitriles is 1. The number of ether oxygens (including phenoxy) is 1. The van der Waals surface area contributed by atoms with E-state index in [0.29, 0.717) is 14.3 Å². The van der Waals surface area contributed by atoms with Crippen molar-refractivity contribution in [2.24, 2.45) is 5.84 Å². The average molecular weight is 418 g/mol. The monoisotopic (exact) mass is 418 g/mol. The highest BCUT2D eigenvalue weighted by Crippen LogP contribution is 2.34. The summed E-state index contributed by atoms with van der Waals surface area (Å²) in [5.41, 5.74) is 2.78. The van der Waals surface area contributed by atoms with E-state index < -0.39 is 4.92 Å². The first-order valence-electron chi connectivity index (χ1n) is 5.35. The summed E-state index contributed by atoms with van der Waals surface area (Å²) in [6.45, 7) is -0.0290. The van der Waals surface area contributed by atoms with Crippen molar-refractivity contribution < 1.29 is 9.66 Å². The molecule has 11 heteroatoms. The van der Waals surface area contributed by atoms with Gasteiger partial charge in [0, 0.05) is 17.6 Å². The van der Waals surface area contributed by atoms with Crippen molar-refractivity contribution in [2.75, 3.05) is 5.43 Å². The molecule has 108 valence electrons. The number of hydrazine groups is 1. The number of hydrogen-bond donors (Lipinski definition) is 2. The van der Waals surface area contributed by atoms with Gasteiger partial charge in [0.05, 0.1) is 20.1 Å². The Morgan fingerprint density at radius 3 is 3.00 bits per heavy atom. The highest BCUT2D eigenvalue weighted by Gasteiger charge is 2.21. The molecule has 2 aromatic rings. The Hall–Kier alpha value is -2.04. The van der Waals surface area contributed by atoms with E-state index in [1.54, 1.807) is 0 Å². The van der Waals surface area contributed by atoms with E-state index in [1.165, 1.54) is 12.1 Å². The van der Waals surface area contributed by atoms with Crippen molar-refractivity contribution in [2.45, 2.75) is 6.61 Å². The topological polar surface area (TPSA) is 140 Å². The van der Waals surface area contributed by atoms with E-state index in [-0.39, 0.29) is 23.6 Å². The lowest BCUT2D eigenvalue weighted by atomic mass is 10.2. The number of benzene rings is 1. The summed E-state index contributed by atoms with van der Waals surface area (Å²) < 4.78 is 9.63. The third kappa shape index (κ3) is 3.35. The molecule has 21 heavy (non-hydrogen) atoms. The highest BCUT2D eigenvalue weighted by molar-refractivity contribution is 14.1. The number of nitro benzene ring substituents is 1. The summed E-state index contributed by atoms with van der Waals surface area (Å²) in [5.74, 6) is 5.37. The van der Waals surface area contributed by atoms with Crippen LogP contribution in [0.4, 0.5) is 10.7 Å². The third-order valence-electron chi connectivity index (χ3n) is 2.39. The molecule has 0 aliphatic carbocycles. The normalized spacial score (nSPS) is 9.95. The van der Waals surface area contributed by atoms with Crippen LogP contribution in [0.3, 0.4) is 0 Å². The number of halogens is 1. The number of rotatable bonds is 5. The van der Waals surface area contributed by atoms with Gasteiger partial charge in [0.2, 0.25) is 5.75 Å². The zero-order chi connectivity index (χ0) is 15.4. The summed E-state index contributed by atoms with van der Waals surface area (Å²) >= 11 is 2.92. The molecule has 0 spiro atoms. The van der Waals surface area contributed by atoms with Crippen molar-refractivity contribution in [1.29, 1.82) is 5.26 Å². The molecule has 0 radical (unpaired) electrons. The Morgan fingerprint density at radius 1 is 1.62 bits per heavy atom. The average Bonchev–Trinajstić information content (AvgIpc) is 2.92. The molecule has 3 N–H and O–H groups in total. The van der Waals surface area contributed by atoms with E-state index in [4.69, 9.17) is 15.8 Å². The summed E-state index contributed by atoms with van der Waals surface area (Å²) in [7, 11) is 0. The lowest BCUT2D eigenvalue weighted by Gasteiger charge is -2.08. The fraction of sp³-hybridized carbons (Fsp3) is 0.100. The Labute approximate surface area is 136 Å². The Bertz CT molecular complexity index is 728. The molecule has 0 amide bonds. The summed E-state index contributed by atoms with van der Waals surface area (Å²) in [6, 6.07) is 4.54. The second kappa shape index (κ2) is 6.61. The van der Waals surface area contributed by atoms with Gasteiger partial charge in [-0.15, -0.1) is 5.10 Å². The molecule has 2 rings (SSSR count). The van der Waals surface area contributed by atoms with Gasteiger partial charge in [-0.2, -0.15) is 5.26 Å². The maximum Gasteiger partial charge on any atom is 0.313 e. The quantitative estimate of drug-likeness (QED) is 0.324. The number of aromatic nitrogens is 2. The van der Waals surface area contributed by atoms with Crippen molar-refractivity contribution in [3.8, 4) is 11.8 Å². The van der Waals surface area contributed by atoms with E-state index in [9.17, 15) is 10.1 Å². The minimum Gasteiger partial charge on any atom is -0.479 e. The first-order valence-corrected chi connectivity index (χ1v) is 7.20. The molecule has 0 aliphatic rings. The molecule has 0 aliphatic heterocycles. The van der Waals surface area contributed by atoms with Gasteiger partial charge in [0.25, 0.3) is 0 Å². The standard InChI is InChI=1S/C10H7IN6O3S/c11-6-1-5(3-12)2-8(17(18)19)9(6)20-4-7-10(14-13)21-16-15-7/h1-2,14H,4,13H2. The van der Waals surface area contributed by atoms with Crippen molar-refractivity contribution in [3.05, 3.63) is 37.1 Å². The second-order valence-corrected chi connectivity index (χ2v) is 5.57. The highest BCUT2D eigenvalue weighted by atomic mass is 127. The van der Waals surface area contributed by atoms with Crippen LogP contribution in [0.5, 0.6) is 5.75 Å². The molecule has 1 aromatic heterocycles. The van der Waals surface area contributed by atoms with Gasteiger partial charge in [0.15, 0.2) is 5.00 Å². The smallest absolute Gasteiger partial charge is 0.313 e. The zero-order valence-electron chi connectivity index (χ0n) is 10.2. The van der Waals surface area contributed by atoms with E-state index in [0.717, 1.165) is 11.5 Å². The zero-order valence-corrected chi connectivity index (χ0v) is 13.2. The van der Waals surface area contributed by atoms with Crippen LogP contribution in [0.25, 0.3) is 0 Å². The van der Waals surface area contributed by atoms with Gasteiger partial charge in [-0.3, -0.25) is 10.1 Å². The number of nitrogens with two attached hydrogens (primary N) is 1. The Balaban J connectivity index is 2.31. The predicted octanol–water partition coefficient (Wildman–Crippen LogP) is 1.79. The van der Waals surface area contributed by atoms with Crippen LogP contribution in [0, 0.1) is 25.0 Å². The third-order valence-corrected chi connectivity index (χ3v) is 3.89. The molecular weight excluding hydrogens is 411 g/mol. The number of nitrogen functional groups attached to an aromatic ring is 1. The lowest BCUT2D eigenvalue weighted by Crippen LogP contribution is -2.09. The maximum atomic E-state index is 11.1. The molecule has 0 fully saturated rings. The van der Waals surface area contributed by atoms with Crippen molar-refractivity contribution >= 4 is 44.8 Å². The summed E-state index contributed by atoms with van der Waals surface area (Å²) in [6.07, 6.45) is 0. The van der Waals surface area contributed by atoms with Crippen molar-refractivity contribution in [1.82, 2.24) is 9.59 Å². The van der Waals surface area contributed by atoms with Crippen LogP contribution < -0.4 is 16.0 Å². The first-order chi connectivity index (χ1) is 10.1. The molecule has 1 heterocycles. The number of nitrogens with one attached hydrogen (secondary N) is 1. The van der Waals surface area contributed by atoms with Gasteiger partial charge < -0.3 is 10.2 Å². The maximum absolute atomic E-state index is 11.1. The summed E-state index contributed by atoms with van der Waals surface area (Å²) in [4.78, 5) is 10.5. The van der Waals surface area contributed by atoms with Crippen LogP contribution in [0.2, 0.25) is 0 Å². The van der Waals surface area contributed by atoms with E-state index in [1.807, 2.05) is 28.7 Å². The Morgan fingerprint density at radius 2 is 2.38 bits per heavy atom. The fourth-order valence-electron chi connectivity index (χ4n) is 1.48. The number of hydrogen-bond acceptors (Lipinski definition) is 9. The van der Waals surface area contributed by atoms with Gasteiger partial charge >= 0.3 is 5.69 Å². The molecule has 0 unspecified atom stereocenters. The molecule has 9 nitrogen and oxygen atoms in total. The largest absolute Gasteiger partial charge is 0.479 e. The van der Waals surface area contributed by atoms with Crippen LogP contribution in [-0.2, 0) is 6.61 Å². The number of nitrogens with zero attached hydrogens (tertiary/aromatic N) is 4. The van der Waals surface area contributed by atoms with Crippen molar-refractivity contribution in [3.63, 3.8) is 0 Å². The lowest BCUT2D eigenvalue weighted by molar-refractivity contribution is -0.386. The van der Waals surface area contributed by atoms with Gasteiger partial charge in [-0.25, -0.2) is 5.84 Å². The van der Waals surface area contributed by atoms with Crippen LogP contribution >= 0.6 is 34.1 Å². The van der Waals surface area contributed by atoms with Gasteiger partial charge in [0.1, 0.15) is 12.3 Å². The molecule has 0 bridgehead atoms. The van der Waals surface area contributed by atoms with E-state index in [2.05, 4.69) is 15.0 Å². The van der Waals surface area contributed by atoms with Crippen LogP contribution in [0.15, 0.2) is 12.1 Å². The molecule has 0 atom stereocenters. The number of nitro groups is 1. The minimum absolute atomic E-state index is 0.0290. The Kier molecular flexibility index (Phi) is 4.83. The molecule has 1 aromatic carbocycles. The summed E-state index contributed by atoms with van der Waals surface area (Å²) in [5, 5.41) is 24.3. The molecule has 0 saturated carbocycles.